The summed E-state index contributed by atoms with van der Waals surface area (Å²) in [5.74, 6) is 0. The molecule has 0 spiro atoms. The van der Waals surface area contributed by atoms with Crippen LogP contribution < -0.4 is 5.73 Å². The Morgan fingerprint density at radius 3 is 2.47 bits per heavy atom. The molecule has 2 unspecified atom stereocenters. The van der Waals surface area contributed by atoms with Crippen LogP contribution in [0, 0.1) is 0 Å². The van der Waals surface area contributed by atoms with Gasteiger partial charge in [0.25, 0.3) is 0 Å². The third kappa shape index (κ3) is 3.44. The van der Waals surface area contributed by atoms with Gasteiger partial charge in [-0.25, -0.2) is 0 Å². The molecule has 0 aliphatic rings. The van der Waals surface area contributed by atoms with Gasteiger partial charge in [0.15, 0.2) is 0 Å². The van der Waals surface area contributed by atoms with E-state index in [9.17, 15) is 0 Å². The van der Waals surface area contributed by atoms with Crippen molar-refractivity contribution < 1.29 is 0 Å². The number of rotatable bonds is 5. The molecular formula is C16H22N2S. The second-order valence-corrected chi connectivity index (χ2v) is 6.37. The molecule has 0 saturated carbocycles. The Balaban J connectivity index is 2.08. The largest absolute Gasteiger partial charge is 0.321 e. The Hall–Kier alpha value is -1.16. The molecule has 1 aromatic heterocycles. The molecule has 2 atom stereocenters. The van der Waals surface area contributed by atoms with Crippen LogP contribution in [0.15, 0.2) is 47.8 Å². The second-order valence-electron chi connectivity index (χ2n) is 5.39. The average Bonchev–Trinajstić information content (AvgIpc) is 2.92. The lowest BCUT2D eigenvalue weighted by Crippen LogP contribution is -2.44. The topological polar surface area (TPSA) is 29.3 Å². The smallest absolute Gasteiger partial charge is 0.0510 e. The van der Waals surface area contributed by atoms with E-state index in [0.717, 1.165) is 6.54 Å². The molecule has 0 bridgehead atoms. The van der Waals surface area contributed by atoms with E-state index in [1.54, 1.807) is 11.3 Å². The minimum atomic E-state index is -0.332. The minimum Gasteiger partial charge on any atom is -0.321 e. The van der Waals surface area contributed by atoms with Crippen LogP contribution in [0.4, 0.5) is 0 Å². The predicted molar refractivity (Wildman–Crippen MR) is 83.3 cm³/mol. The van der Waals surface area contributed by atoms with E-state index in [-0.39, 0.29) is 5.54 Å². The van der Waals surface area contributed by atoms with Gasteiger partial charge in [0.2, 0.25) is 0 Å². The molecule has 1 heterocycles. The molecule has 0 radical (unpaired) electrons. The number of hydrogen-bond donors (Lipinski definition) is 1. The first kappa shape index (κ1) is 14.3. The highest BCUT2D eigenvalue weighted by Gasteiger charge is 2.25. The van der Waals surface area contributed by atoms with E-state index in [4.69, 9.17) is 5.73 Å². The van der Waals surface area contributed by atoms with Crippen LogP contribution in [-0.4, -0.2) is 18.5 Å². The van der Waals surface area contributed by atoms with Crippen LogP contribution in [-0.2, 0) is 5.54 Å². The summed E-state index contributed by atoms with van der Waals surface area (Å²) in [6.07, 6.45) is 0. The van der Waals surface area contributed by atoms with Gasteiger partial charge in [-0.05, 0) is 37.9 Å². The second kappa shape index (κ2) is 5.87. The maximum atomic E-state index is 6.49. The highest BCUT2D eigenvalue weighted by molar-refractivity contribution is 7.10. The molecule has 0 amide bonds. The summed E-state index contributed by atoms with van der Waals surface area (Å²) in [6.45, 7) is 5.16. The summed E-state index contributed by atoms with van der Waals surface area (Å²) < 4.78 is 0. The Labute approximate surface area is 119 Å². The van der Waals surface area contributed by atoms with Crippen molar-refractivity contribution >= 4 is 11.3 Å². The van der Waals surface area contributed by atoms with E-state index in [0.29, 0.717) is 6.04 Å². The van der Waals surface area contributed by atoms with E-state index < -0.39 is 0 Å². The number of nitrogens with zero attached hydrogens (tertiary/aromatic N) is 1. The Kier molecular flexibility index (Phi) is 4.40. The number of hydrogen-bond acceptors (Lipinski definition) is 3. The van der Waals surface area contributed by atoms with Crippen molar-refractivity contribution in [2.24, 2.45) is 5.73 Å². The maximum Gasteiger partial charge on any atom is 0.0510 e. The van der Waals surface area contributed by atoms with Crippen molar-refractivity contribution in [1.82, 2.24) is 4.90 Å². The maximum absolute atomic E-state index is 6.49. The minimum absolute atomic E-state index is 0.332. The molecular weight excluding hydrogens is 252 g/mol. The van der Waals surface area contributed by atoms with Crippen molar-refractivity contribution in [2.45, 2.75) is 25.4 Å². The summed E-state index contributed by atoms with van der Waals surface area (Å²) in [7, 11) is 2.14. The van der Waals surface area contributed by atoms with Crippen LogP contribution in [0.3, 0.4) is 0 Å². The number of benzene rings is 1. The lowest BCUT2D eigenvalue weighted by atomic mass is 9.92. The first-order valence-electron chi connectivity index (χ1n) is 6.59. The molecule has 2 nitrogen and oxygen atoms in total. The number of nitrogens with two attached hydrogens (primary N) is 1. The van der Waals surface area contributed by atoms with Gasteiger partial charge in [-0.2, -0.15) is 0 Å². The normalized spacial score (nSPS) is 16.3. The molecule has 102 valence electrons. The fourth-order valence-electron chi connectivity index (χ4n) is 2.31. The van der Waals surface area contributed by atoms with Gasteiger partial charge in [0.05, 0.1) is 5.54 Å². The van der Waals surface area contributed by atoms with Gasteiger partial charge >= 0.3 is 0 Å². The first-order valence-corrected chi connectivity index (χ1v) is 7.47. The molecule has 2 aromatic rings. The third-order valence-corrected chi connectivity index (χ3v) is 4.67. The zero-order valence-corrected chi connectivity index (χ0v) is 12.7. The molecule has 1 aromatic carbocycles. The highest BCUT2D eigenvalue weighted by Crippen LogP contribution is 2.26. The molecule has 2 rings (SSSR count). The highest BCUT2D eigenvalue weighted by atomic mass is 32.1. The van der Waals surface area contributed by atoms with Crippen molar-refractivity contribution in [3.05, 3.63) is 58.3 Å². The summed E-state index contributed by atoms with van der Waals surface area (Å²) in [6, 6.07) is 15.0. The zero-order chi connectivity index (χ0) is 13.9. The Morgan fingerprint density at radius 1 is 1.21 bits per heavy atom. The molecule has 2 N–H and O–H groups in total. The molecule has 0 aliphatic heterocycles. The first-order chi connectivity index (χ1) is 9.00. The van der Waals surface area contributed by atoms with E-state index >= 15 is 0 Å². The van der Waals surface area contributed by atoms with Crippen LogP contribution in [0.5, 0.6) is 0 Å². The fraction of sp³-hybridized carbons (Fsp3) is 0.375. The van der Waals surface area contributed by atoms with Crippen molar-refractivity contribution in [1.29, 1.82) is 0 Å². The quantitative estimate of drug-likeness (QED) is 0.902. The molecule has 19 heavy (non-hydrogen) atoms. The lowest BCUT2D eigenvalue weighted by molar-refractivity contribution is 0.209. The van der Waals surface area contributed by atoms with Crippen molar-refractivity contribution in [3.63, 3.8) is 0 Å². The standard InChI is InChI=1S/C16H22N2S/c1-13(15-10-7-11-19-15)18(3)12-16(2,17)14-8-5-4-6-9-14/h4-11,13H,12,17H2,1-3H3. The SMILES string of the molecule is CC(c1cccs1)N(C)CC(C)(N)c1ccccc1. The van der Waals surface area contributed by atoms with E-state index in [1.807, 2.05) is 18.2 Å². The summed E-state index contributed by atoms with van der Waals surface area (Å²) >= 11 is 1.80. The van der Waals surface area contributed by atoms with Crippen molar-refractivity contribution in [2.75, 3.05) is 13.6 Å². The molecule has 0 fully saturated rings. The van der Waals surface area contributed by atoms with Crippen LogP contribution in [0.1, 0.15) is 30.3 Å². The van der Waals surface area contributed by atoms with Crippen LogP contribution in [0.2, 0.25) is 0 Å². The molecule has 0 aliphatic carbocycles. The number of likely N-dealkylation sites (N-methyl/N-ethyl adjacent to an activating group) is 1. The van der Waals surface area contributed by atoms with Crippen LogP contribution in [0.25, 0.3) is 0 Å². The molecule has 3 heteroatoms. The van der Waals surface area contributed by atoms with Gasteiger partial charge in [0, 0.05) is 17.5 Å². The van der Waals surface area contributed by atoms with Gasteiger partial charge in [-0.3, -0.25) is 4.90 Å². The van der Waals surface area contributed by atoms with E-state index in [2.05, 4.69) is 55.4 Å². The third-order valence-electron chi connectivity index (χ3n) is 3.63. The number of thiophene rings is 1. The lowest BCUT2D eigenvalue weighted by Gasteiger charge is -2.33. The van der Waals surface area contributed by atoms with Gasteiger partial charge < -0.3 is 5.73 Å². The van der Waals surface area contributed by atoms with Gasteiger partial charge in [-0.15, -0.1) is 11.3 Å². The summed E-state index contributed by atoms with van der Waals surface area (Å²) in [5, 5.41) is 2.12. The Morgan fingerprint density at radius 2 is 1.89 bits per heavy atom. The average molecular weight is 274 g/mol. The molecule has 0 saturated heterocycles. The van der Waals surface area contributed by atoms with Crippen LogP contribution >= 0.6 is 11.3 Å². The van der Waals surface area contributed by atoms with Gasteiger partial charge in [0.1, 0.15) is 0 Å². The van der Waals surface area contributed by atoms with E-state index in [1.165, 1.54) is 10.4 Å². The van der Waals surface area contributed by atoms with Gasteiger partial charge in [-0.1, -0.05) is 36.4 Å². The zero-order valence-electron chi connectivity index (χ0n) is 11.8. The summed E-state index contributed by atoms with van der Waals surface area (Å²) in [5.41, 5.74) is 7.34. The summed E-state index contributed by atoms with van der Waals surface area (Å²) in [4.78, 5) is 3.70. The fourth-order valence-corrected chi connectivity index (χ4v) is 3.16. The monoisotopic (exact) mass is 274 g/mol. The van der Waals surface area contributed by atoms with Crippen molar-refractivity contribution in [3.8, 4) is 0 Å². The Bertz CT molecular complexity index is 491. The predicted octanol–water partition coefficient (Wildman–Crippen LogP) is 3.62.